The van der Waals surface area contributed by atoms with Crippen LogP contribution in [0.25, 0.3) is 0 Å². The Morgan fingerprint density at radius 3 is 1.18 bits per heavy atom. The molecule has 0 aromatic carbocycles. The Hall–Kier alpha value is -6.10. The van der Waals surface area contributed by atoms with Crippen LogP contribution in [-0.4, -0.2) is 138 Å². The van der Waals surface area contributed by atoms with Crippen LogP contribution in [0.5, 0.6) is 0 Å². The summed E-state index contributed by atoms with van der Waals surface area (Å²) in [6.45, 7) is 45.8. The molecule has 0 aliphatic heterocycles. The van der Waals surface area contributed by atoms with Crippen LogP contribution in [0.1, 0.15) is 280 Å². The van der Waals surface area contributed by atoms with Crippen molar-refractivity contribution in [3.8, 4) is 0 Å². The maximum absolute atomic E-state index is 13.2. The van der Waals surface area contributed by atoms with Crippen LogP contribution in [0.15, 0.2) is 111 Å². The molecule has 12 saturated carbocycles. The third-order valence-electron chi connectivity index (χ3n) is 35.6. The highest BCUT2D eigenvalue weighted by molar-refractivity contribution is 5.99. The van der Waals surface area contributed by atoms with Crippen LogP contribution in [0.2, 0.25) is 0 Å². The van der Waals surface area contributed by atoms with Crippen molar-refractivity contribution >= 4 is 35.3 Å². The summed E-state index contributed by atoms with van der Waals surface area (Å²) in [6.07, 6.45) is 31.0. The molecule has 0 radical (unpaired) electrons. The van der Waals surface area contributed by atoms with Crippen LogP contribution >= 0.6 is 0 Å². The van der Waals surface area contributed by atoms with Crippen LogP contribution in [0, 0.1) is 114 Å². The number of nitrogens with two attached hydrogens (primary N) is 3. The summed E-state index contributed by atoms with van der Waals surface area (Å²) in [7, 11) is 0. The average molecular weight is 1650 g/mol. The number of fused-ring (bicyclic) bond motifs is 15. The lowest BCUT2D eigenvalue weighted by Crippen LogP contribution is -2.69. The molecule has 1 heterocycles. The van der Waals surface area contributed by atoms with Gasteiger partial charge in [0.2, 0.25) is 0 Å². The largest absolute Gasteiger partial charge is 0.458 e. The van der Waals surface area contributed by atoms with E-state index < -0.39 is 36.1 Å². The summed E-state index contributed by atoms with van der Waals surface area (Å²) in [6, 6.07) is 0. The standard InChI is InChI=1S/C35H52N4O5.C32H49NO5.C32H49NO4/c1-20(2)10-9-11-24(21(3)40)30-25-16-26(42)31-32(5)14-13-29(43)35(8,39-19-23(18-36)37-38-39)28(32)12-15-33(31,6)34(25,7)17-27(30)44-22(4)41;1-18(2)9-8-10-21(19(3)34)28-24-15-26(37)29-30(5)13-12-25(36)22(17-33)23(30)11-14-31(29,6)32(24,7)16-27(28)38-20(4)35;1-19(2)9-8-10-22(20(3)34)29-25-11-12-28-30(5)15-14-26(36)23(18-33)24(30)13-16-31(28,6)32(25,7)17-27(29)37-21(4)35/h9-11,19,25-29,31,42-43H,12-18,36H2,1-8H3;8-10,22-27,29,36-37H,11-17,33H2,1-7H3;8-10,23-28,36H,11-18,33H2,1-7H3/b11-9-,30-24-;10-8-,28-21-;10-8-,29-22-/t25-,26+,27-,28+,29+,31-,32-,33-,34-,35+;22-,23-,24-,25+,26+,27-,29-,30-,31-,32-;23-,24-,25-,26+,27-,28-,30-,31-,32-/m000/s1. The number of carbonyl (C=O) groups excluding carboxylic acids is 6. The average Bonchev–Trinajstić information content (AvgIpc) is 1.62. The maximum atomic E-state index is 13.2. The van der Waals surface area contributed by atoms with Gasteiger partial charge in [-0.05, 0) is 323 Å². The number of rotatable bonds is 16. The molecule has 660 valence electrons. The molecule has 20 nitrogen and oxygen atoms in total. The van der Waals surface area contributed by atoms with E-state index in [9.17, 15) is 54.3 Å². The number of aliphatic hydroxyl groups excluding tert-OH is 5. The number of carbonyl (C=O) groups is 6. The number of esters is 3. The number of hydrogen-bond donors (Lipinski definition) is 8. The fourth-order valence-electron chi connectivity index (χ4n) is 30.0. The second-order valence-electron chi connectivity index (χ2n) is 42.4. The minimum absolute atomic E-state index is 0.0322. The molecule has 12 aliphatic rings. The summed E-state index contributed by atoms with van der Waals surface area (Å²) in [5.41, 5.74) is 24.8. The predicted octanol–water partition coefficient (Wildman–Crippen LogP) is 15.6. The summed E-state index contributed by atoms with van der Waals surface area (Å²) in [4.78, 5) is 76.2. The van der Waals surface area contributed by atoms with Crippen molar-refractivity contribution in [1.29, 1.82) is 0 Å². The monoisotopic (exact) mass is 1650 g/mol. The Morgan fingerprint density at radius 1 is 0.429 bits per heavy atom. The summed E-state index contributed by atoms with van der Waals surface area (Å²) in [5, 5.41) is 66.1. The Morgan fingerprint density at radius 2 is 0.798 bits per heavy atom. The lowest BCUT2D eigenvalue weighted by molar-refractivity contribution is -0.249. The second-order valence-corrected chi connectivity index (χ2v) is 42.4. The molecule has 12 aliphatic carbocycles. The number of ether oxygens (including phenoxy) is 3. The van der Waals surface area contributed by atoms with Crippen molar-refractivity contribution in [2.45, 2.75) is 335 Å². The highest BCUT2D eigenvalue weighted by Gasteiger charge is 2.75. The molecule has 0 saturated heterocycles. The quantitative estimate of drug-likeness (QED) is 0.0330. The number of Topliss-reactive ketones (excluding diaryl/α,β-unsaturated/α-hetero) is 3. The molecule has 0 spiro atoms. The summed E-state index contributed by atoms with van der Waals surface area (Å²) >= 11 is 0. The first kappa shape index (κ1) is 93.6. The predicted molar refractivity (Wildman–Crippen MR) is 464 cm³/mol. The molecule has 12 fully saturated rings. The highest BCUT2D eigenvalue weighted by Crippen LogP contribution is 2.79. The van der Waals surface area contributed by atoms with E-state index in [1.54, 1.807) is 20.8 Å². The Bertz CT molecular complexity index is 4340. The molecule has 0 bridgehead atoms. The molecule has 0 unspecified atom stereocenters. The van der Waals surface area contributed by atoms with Crippen molar-refractivity contribution in [2.75, 3.05) is 13.1 Å². The van der Waals surface area contributed by atoms with Crippen molar-refractivity contribution in [3.63, 3.8) is 0 Å². The lowest BCUT2D eigenvalue weighted by Gasteiger charge is -2.70. The molecule has 0 amide bonds. The van der Waals surface area contributed by atoms with Gasteiger partial charge in [0.1, 0.15) is 18.3 Å². The Balaban J connectivity index is 0.000000176. The lowest BCUT2D eigenvalue weighted by atomic mass is 9.35. The zero-order valence-corrected chi connectivity index (χ0v) is 76.3. The first-order valence-corrected chi connectivity index (χ1v) is 45.2. The van der Waals surface area contributed by atoms with Gasteiger partial charge in [0.15, 0.2) is 17.3 Å². The van der Waals surface area contributed by atoms with Gasteiger partial charge in [-0.3, -0.25) is 28.8 Å². The van der Waals surface area contributed by atoms with E-state index in [1.807, 2.05) is 107 Å². The Kier molecular flexibility index (Phi) is 27.4. The first-order valence-electron chi connectivity index (χ1n) is 45.2. The minimum atomic E-state index is -0.704. The van der Waals surface area contributed by atoms with Gasteiger partial charge in [0.05, 0.1) is 47.9 Å². The first-order chi connectivity index (χ1) is 55.5. The van der Waals surface area contributed by atoms with E-state index in [4.69, 9.17) is 31.4 Å². The van der Waals surface area contributed by atoms with Gasteiger partial charge in [-0.2, -0.15) is 0 Å². The van der Waals surface area contributed by atoms with E-state index in [-0.39, 0.29) is 162 Å². The number of allylic oxidation sites excluding steroid dienone is 15. The van der Waals surface area contributed by atoms with Gasteiger partial charge in [0, 0.05) is 55.9 Å². The van der Waals surface area contributed by atoms with Gasteiger partial charge in [0.25, 0.3) is 0 Å². The molecule has 119 heavy (non-hydrogen) atoms. The van der Waals surface area contributed by atoms with Gasteiger partial charge in [-0.25, -0.2) is 4.68 Å². The van der Waals surface area contributed by atoms with Crippen molar-refractivity contribution in [3.05, 3.63) is 117 Å². The van der Waals surface area contributed by atoms with E-state index in [2.05, 4.69) is 79.5 Å². The van der Waals surface area contributed by atoms with Crippen LogP contribution in [0.3, 0.4) is 0 Å². The third-order valence-corrected chi connectivity index (χ3v) is 35.6. The van der Waals surface area contributed by atoms with Gasteiger partial charge >= 0.3 is 17.9 Å². The number of hydrogen-bond acceptors (Lipinski definition) is 19. The normalized spacial score (nSPS) is 44.2. The smallest absolute Gasteiger partial charge is 0.303 e. The van der Waals surface area contributed by atoms with Gasteiger partial charge < -0.3 is 56.9 Å². The molecule has 1 aromatic heterocycles. The van der Waals surface area contributed by atoms with Crippen molar-refractivity contribution in [2.24, 2.45) is 131 Å². The SMILES string of the molecule is CC(=O)O[C@H]1C[C@@]2(C)[C@@H](CC[C@H]3[C@@]4(C)CC[C@@H](O)[C@@H](CN)[C@@H]4CC[C@@]32C)/C1=C(\C=C/C=C(C)C)C(C)=O.CC(=O)O[C@H]1C[C@@]2(C)[C@@H](C[C@@H](O)[C@H]3[C@@]4(C)CC[C@@H](O)[C@@H](CN)[C@@H]4CC[C@@]32C)/C1=C(\C=C/C=C(C)C)C(C)=O.CC(=O)O[C@H]1C[C@@]2(C)[C@@H](C[C@@H](O)[C@H]3[C@@]4(C)CC[C@@H](O)[C@](C)(n5cc(CN)nn5)[C@@H]4CC[C@@]32C)/C1=C(\C=C/C=C(C)C)C(C)=O. The fraction of sp³-hybridized carbons (Fsp3) is 0.737. The molecule has 29 atom stereocenters. The van der Waals surface area contributed by atoms with Gasteiger partial charge in [-0.15, -0.1) is 5.10 Å². The topological polar surface area (TPSA) is 340 Å². The number of nitrogens with zero attached hydrogens (tertiary/aromatic N) is 3. The molecular formula is C99H150N6O14. The maximum Gasteiger partial charge on any atom is 0.303 e. The zero-order chi connectivity index (χ0) is 87.9. The minimum Gasteiger partial charge on any atom is -0.458 e. The van der Waals surface area contributed by atoms with E-state index in [0.717, 1.165) is 111 Å². The highest BCUT2D eigenvalue weighted by atomic mass is 16.6. The van der Waals surface area contributed by atoms with Crippen molar-refractivity contribution in [1.82, 2.24) is 15.0 Å². The molecule has 13 rings (SSSR count). The number of ketones is 3. The molecule has 11 N–H and O–H groups in total. The van der Waals surface area contributed by atoms with E-state index >= 15 is 0 Å². The zero-order valence-electron chi connectivity index (χ0n) is 76.3. The molecular weight excluding hydrogens is 1500 g/mol. The van der Waals surface area contributed by atoms with E-state index in [1.165, 1.54) is 26.3 Å². The van der Waals surface area contributed by atoms with Crippen LogP contribution in [-0.2, 0) is 55.1 Å². The van der Waals surface area contributed by atoms with Gasteiger partial charge in [-0.1, -0.05) is 139 Å². The summed E-state index contributed by atoms with van der Waals surface area (Å²) < 4.78 is 19.8. The van der Waals surface area contributed by atoms with Crippen molar-refractivity contribution < 1.29 is 68.5 Å². The molecule has 20 heteroatoms. The van der Waals surface area contributed by atoms with E-state index in [0.29, 0.717) is 85.9 Å². The Labute approximate surface area is 711 Å². The van der Waals surface area contributed by atoms with Crippen LogP contribution < -0.4 is 17.2 Å². The number of aromatic nitrogens is 3. The molecule has 1 aromatic rings. The fourth-order valence-corrected chi connectivity index (χ4v) is 30.0. The summed E-state index contributed by atoms with van der Waals surface area (Å²) in [5.74, 6) is 0.367. The van der Waals surface area contributed by atoms with Crippen LogP contribution in [0.4, 0.5) is 0 Å². The number of aliphatic hydroxyl groups is 5. The second kappa shape index (κ2) is 34.8. The third kappa shape index (κ3) is 15.9.